The van der Waals surface area contributed by atoms with Gasteiger partial charge in [-0.25, -0.2) is 4.68 Å². The summed E-state index contributed by atoms with van der Waals surface area (Å²) < 4.78 is 2.03. The van der Waals surface area contributed by atoms with E-state index in [2.05, 4.69) is 27.8 Å². The minimum Gasteiger partial charge on any atom is -0.316 e. The van der Waals surface area contributed by atoms with Crippen LogP contribution in [0.1, 0.15) is 45.1 Å². The second-order valence-electron chi connectivity index (χ2n) is 4.44. The molecule has 1 aromatic heterocycles. The fourth-order valence-electron chi connectivity index (χ4n) is 2.17. The Balaban J connectivity index is 1.78. The summed E-state index contributed by atoms with van der Waals surface area (Å²) in [5.41, 5.74) is 0. The van der Waals surface area contributed by atoms with Gasteiger partial charge in [-0.15, -0.1) is 5.10 Å². The van der Waals surface area contributed by atoms with Crippen LogP contribution < -0.4 is 5.32 Å². The van der Waals surface area contributed by atoms with E-state index in [1.54, 1.807) is 11.8 Å². The minimum atomic E-state index is 0.538. The van der Waals surface area contributed by atoms with E-state index in [9.17, 15) is 0 Å². The number of tetrazole rings is 1. The van der Waals surface area contributed by atoms with Gasteiger partial charge >= 0.3 is 0 Å². The first kappa shape index (κ1) is 12.8. The number of rotatable bonds is 7. The van der Waals surface area contributed by atoms with E-state index in [1.165, 1.54) is 32.1 Å². The molecule has 0 unspecified atom stereocenters. The van der Waals surface area contributed by atoms with Crippen molar-refractivity contribution in [3.63, 3.8) is 0 Å². The number of aromatic nitrogens is 4. The average molecular weight is 255 g/mol. The van der Waals surface area contributed by atoms with Crippen molar-refractivity contribution in [2.45, 2.75) is 50.2 Å². The van der Waals surface area contributed by atoms with Gasteiger partial charge in [-0.05, 0) is 36.2 Å². The molecule has 1 saturated carbocycles. The van der Waals surface area contributed by atoms with Gasteiger partial charge in [-0.3, -0.25) is 0 Å². The highest BCUT2D eigenvalue weighted by Crippen LogP contribution is 2.31. The van der Waals surface area contributed by atoms with Crippen LogP contribution in [0.3, 0.4) is 0 Å². The highest BCUT2D eigenvalue weighted by atomic mass is 32.2. The summed E-state index contributed by atoms with van der Waals surface area (Å²) in [6, 6.07) is 0.538. The van der Waals surface area contributed by atoms with Gasteiger partial charge in [0, 0.05) is 12.3 Å². The van der Waals surface area contributed by atoms with E-state index in [4.69, 9.17) is 0 Å². The van der Waals surface area contributed by atoms with Gasteiger partial charge in [-0.2, -0.15) is 0 Å². The van der Waals surface area contributed by atoms with Crippen molar-refractivity contribution in [2.24, 2.45) is 0 Å². The number of hydrogen-bond donors (Lipinski definition) is 1. The highest BCUT2D eigenvalue weighted by Gasteiger charge is 2.21. The molecule has 1 heterocycles. The summed E-state index contributed by atoms with van der Waals surface area (Å²) in [7, 11) is 0. The Morgan fingerprint density at radius 2 is 2.18 bits per heavy atom. The standard InChI is InChI=1S/C11H21N5S/c1-2-7-12-8-9-17-11-13-14-15-16(11)10-5-3-4-6-10/h10,12H,2-9H2,1H3. The molecule has 0 atom stereocenters. The third-order valence-electron chi connectivity index (χ3n) is 3.07. The maximum Gasteiger partial charge on any atom is 0.209 e. The largest absolute Gasteiger partial charge is 0.316 e. The molecule has 96 valence electrons. The van der Waals surface area contributed by atoms with Crippen LogP contribution in [0, 0.1) is 0 Å². The molecule has 0 bridgehead atoms. The lowest BCUT2D eigenvalue weighted by Crippen LogP contribution is -2.18. The third-order valence-corrected chi connectivity index (χ3v) is 4.01. The third kappa shape index (κ3) is 3.67. The van der Waals surface area contributed by atoms with Gasteiger partial charge in [0.05, 0.1) is 6.04 Å². The lowest BCUT2D eigenvalue weighted by atomic mass is 10.3. The number of hydrogen-bond acceptors (Lipinski definition) is 5. The predicted molar refractivity (Wildman–Crippen MR) is 69.2 cm³/mol. The molecule has 1 aromatic rings. The Morgan fingerprint density at radius 3 is 2.94 bits per heavy atom. The fourth-order valence-corrected chi connectivity index (χ4v) is 3.02. The van der Waals surface area contributed by atoms with E-state index in [-0.39, 0.29) is 0 Å². The molecule has 5 nitrogen and oxygen atoms in total. The number of nitrogens with zero attached hydrogens (tertiary/aromatic N) is 4. The topological polar surface area (TPSA) is 55.6 Å². The summed E-state index contributed by atoms with van der Waals surface area (Å²) in [6.07, 6.45) is 6.27. The van der Waals surface area contributed by atoms with Crippen molar-refractivity contribution in [3.8, 4) is 0 Å². The van der Waals surface area contributed by atoms with Crippen molar-refractivity contribution >= 4 is 11.8 Å². The quantitative estimate of drug-likeness (QED) is 0.595. The molecule has 0 saturated heterocycles. The van der Waals surface area contributed by atoms with Crippen molar-refractivity contribution in [3.05, 3.63) is 0 Å². The Kier molecular flexibility index (Phi) is 5.25. The van der Waals surface area contributed by atoms with Crippen molar-refractivity contribution in [2.75, 3.05) is 18.8 Å². The van der Waals surface area contributed by atoms with Crippen LogP contribution in [0.5, 0.6) is 0 Å². The molecule has 2 rings (SSSR count). The van der Waals surface area contributed by atoms with Crippen molar-refractivity contribution < 1.29 is 0 Å². The van der Waals surface area contributed by atoms with E-state index in [1.807, 2.05) is 4.68 Å². The first-order valence-electron chi connectivity index (χ1n) is 6.53. The van der Waals surface area contributed by atoms with Crippen LogP contribution in [0.15, 0.2) is 5.16 Å². The molecule has 6 heteroatoms. The maximum atomic E-state index is 4.13. The second kappa shape index (κ2) is 6.96. The first-order valence-corrected chi connectivity index (χ1v) is 7.51. The second-order valence-corrected chi connectivity index (χ2v) is 5.50. The van der Waals surface area contributed by atoms with Gasteiger partial charge in [0.2, 0.25) is 5.16 Å². The number of thioether (sulfide) groups is 1. The van der Waals surface area contributed by atoms with Crippen LogP contribution >= 0.6 is 11.8 Å². The zero-order valence-corrected chi connectivity index (χ0v) is 11.2. The zero-order valence-electron chi connectivity index (χ0n) is 10.4. The molecular formula is C11H21N5S. The van der Waals surface area contributed by atoms with Gasteiger partial charge in [0.1, 0.15) is 0 Å². The normalized spacial score (nSPS) is 16.8. The van der Waals surface area contributed by atoms with Gasteiger partial charge in [0.15, 0.2) is 0 Å². The van der Waals surface area contributed by atoms with Gasteiger partial charge < -0.3 is 5.32 Å². The molecular weight excluding hydrogens is 234 g/mol. The Labute approximate surface area is 107 Å². The van der Waals surface area contributed by atoms with Crippen molar-refractivity contribution in [1.29, 1.82) is 0 Å². The zero-order chi connectivity index (χ0) is 11.9. The minimum absolute atomic E-state index is 0.538. The summed E-state index contributed by atoms with van der Waals surface area (Å²) >= 11 is 1.76. The molecule has 0 amide bonds. The highest BCUT2D eigenvalue weighted by molar-refractivity contribution is 7.99. The molecule has 1 aliphatic rings. The van der Waals surface area contributed by atoms with Gasteiger partial charge in [-0.1, -0.05) is 31.5 Å². The lowest BCUT2D eigenvalue weighted by molar-refractivity contribution is 0.423. The molecule has 0 spiro atoms. The molecule has 0 aromatic carbocycles. The SMILES string of the molecule is CCCNCCSc1nnnn1C1CCCC1. The Hall–Kier alpha value is -0.620. The Bertz CT molecular complexity index is 321. The summed E-state index contributed by atoms with van der Waals surface area (Å²) in [5, 5.41) is 16.4. The van der Waals surface area contributed by atoms with Crippen LogP contribution in [-0.4, -0.2) is 39.0 Å². The predicted octanol–water partition coefficient (Wildman–Crippen LogP) is 1.88. The molecule has 1 fully saturated rings. The first-order chi connectivity index (χ1) is 8.42. The smallest absolute Gasteiger partial charge is 0.209 e. The van der Waals surface area contributed by atoms with E-state index in [0.29, 0.717) is 6.04 Å². The molecule has 0 radical (unpaired) electrons. The van der Waals surface area contributed by atoms with Crippen LogP contribution in [0.25, 0.3) is 0 Å². The lowest BCUT2D eigenvalue weighted by Gasteiger charge is -2.10. The maximum absolute atomic E-state index is 4.13. The average Bonchev–Trinajstić information content (AvgIpc) is 2.98. The fraction of sp³-hybridized carbons (Fsp3) is 0.909. The van der Waals surface area contributed by atoms with E-state index in [0.717, 1.165) is 24.0 Å². The molecule has 1 aliphatic carbocycles. The molecule has 0 aliphatic heterocycles. The monoisotopic (exact) mass is 255 g/mol. The van der Waals surface area contributed by atoms with Crippen molar-refractivity contribution in [1.82, 2.24) is 25.5 Å². The van der Waals surface area contributed by atoms with Gasteiger partial charge in [0.25, 0.3) is 0 Å². The van der Waals surface area contributed by atoms with Crippen LogP contribution in [0.2, 0.25) is 0 Å². The Morgan fingerprint density at radius 1 is 1.35 bits per heavy atom. The van der Waals surface area contributed by atoms with Crippen LogP contribution in [-0.2, 0) is 0 Å². The van der Waals surface area contributed by atoms with E-state index >= 15 is 0 Å². The van der Waals surface area contributed by atoms with Crippen LogP contribution in [0.4, 0.5) is 0 Å². The molecule has 1 N–H and O–H groups in total. The summed E-state index contributed by atoms with van der Waals surface area (Å²) in [4.78, 5) is 0. The van der Waals surface area contributed by atoms with E-state index < -0.39 is 0 Å². The summed E-state index contributed by atoms with van der Waals surface area (Å²) in [6.45, 7) is 4.30. The summed E-state index contributed by atoms with van der Waals surface area (Å²) in [5.74, 6) is 1.03. The molecule has 17 heavy (non-hydrogen) atoms. The number of nitrogens with one attached hydrogen (secondary N) is 1.